The zero-order chi connectivity index (χ0) is 11.5. The summed E-state index contributed by atoms with van der Waals surface area (Å²) in [6, 6.07) is 2.20. The molecule has 16 heavy (non-hydrogen) atoms. The van der Waals surface area contributed by atoms with Crippen molar-refractivity contribution in [1.82, 2.24) is 9.88 Å². The third kappa shape index (κ3) is 2.78. The third-order valence-corrected chi connectivity index (χ3v) is 3.57. The molecule has 2 rings (SSSR count). The van der Waals surface area contributed by atoms with Crippen LogP contribution < -0.4 is 4.74 Å². The SMILES string of the molecule is CN1CCCC1COc1cnc(Cl)c(Cl)c1. The standard InChI is InChI=1S/C11H14Cl2N2O/c1-15-4-2-3-8(15)7-16-9-5-10(12)11(13)14-6-9/h5-6,8H,2-4,7H2,1H3. The molecule has 1 unspecified atom stereocenters. The minimum Gasteiger partial charge on any atom is -0.490 e. The van der Waals surface area contributed by atoms with E-state index < -0.39 is 0 Å². The zero-order valence-electron chi connectivity index (χ0n) is 9.12. The fourth-order valence-electron chi connectivity index (χ4n) is 1.86. The molecule has 2 heterocycles. The Morgan fingerprint density at radius 2 is 2.38 bits per heavy atom. The molecule has 3 nitrogen and oxygen atoms in total. The number of hydrogen-bond acceptors (Lipinski definition) is 3. The molecular formula is C11H14Cl2N2O. The van der Waals surface area contributed by atoms with Crippen molar-refractivity contribution < 1.29 is 4.74 Å². The highest BCUT2D eigenvalue weighted by molar-refractivity contribution is 6.41. The number of halogens is 2. The molecule has 1 atom stereocenters. The van der Waals surface area contributed by atoms with Crippen molar-refractivity contribution in [3.05, 3.63) is 22.4 Å². The molecule has 0 saturated carbocycles. The number of hydrogen-bond donors (Lipinski definition) is 0. The average Bonchev–Trinajstić information content (AvgIpc) is 2.66. The fraction of sp³-hybridized carbons (Fsp3) is 0.545. The van der Waals surface area contributed by atoms with Crippen LogP contribution in [0.4, 0.5) is 0 Å². The van der Waals surface area contributed by atoms with Gasteiger partial charge in [0.05, 0.1) is 11.2 Å². The van der Waals surface area contributed by atoms with Gasteiger partial charge in [-0.05, 0) is 26.4 Å². The Balaban J connectivity index is 1.91. The molecule has 0 aromatic carbocycles. The Labute approximate surface area is 105 Å². The number of ether oxygens (including phenoxy) is 1. The van der Waals surface area contributed by atoms with Gasteiger partial charge in [0.15, 0.2) is 0 Å². The van der Waals surface area contributed by atoms with E-state index >= 15 is 0 Å². The van der Waals surface area contributed by atoms with Crippen LogP contribution in [-0.2, 0) is 0 Å². The van der Waals surface area contributed by atoms with Crippen molar-refractivity contribution in [2.24, 2.45) is 0 Å². The highest BCUT2D eigenvalue weighted by atomic mass is 35.5. The van der Waals surface area contributed by atoms with Crippen molar-refractivity contribution >= 4 is 23.2 Å². The largest absolute Gasteiger partial charge is 0.490 e. The van der Waals surface area contributed by atoms with E-state index in [0.717, 1.165) is 6.54 Å². The molecular weight excluding hydrogens is 247 g/mol. The van der Waals surface area contributed by atoms with Crippen LogP contribution in [0.25, 0.3) is 0 Å². The monoisotopic (exact) mass is 260 g/mol. The summed E-state index contributed by atoms with van der Waals surface area (Å²) in [6.07, 6.45) is 4.03. The first kappa shape index (κ1) is 12.0. The lowest BCUT2D eigenvalue weighted by molar-refractivity contribution is 0.198. The molecule has 5 heteroatoms. The van der Waals surface area contributed by atoms with Crippen molar-refractivity contribution in [2.75, 3.05) is 20.2 Å². The molecule has 1 aliphatic rings. The Bertz CT molecular complexity index is 373. The van der Waals surface area contributed by atoms with Crippen LogP contribution in [0.3, 0.4) is 0 Å². The lowest BCUT2D eigenvalue weighted by Crippen LogP contribution is -2.30. The van der Waals surface area contributed by atoms with Gasteiger partial charge in [0.1, 0.15) is 17.5 Å². The maximum absolute atomic E-state index is 5.85. The summed E-state index contributed by atoms with van der Waals surface area (Å²) in [4.78, 5) is 6.25. The smallest absolute Gasteiger partial charge is 0.147 e. The molecule has 0 amide bonds. The zero-order valence-corrected chi connectivity index (χ0v) is 10.6. The van der Waals surface area contributed by atoms with Crippen molar-refractivity contribution in [2.45, 2.75) is 18.9 Å². The maximum atomic E-state index is 5.85. The maximum Gasteiger partial charge on any atom is 0.147 e. The number of nitrogens with zero attached hydrogens (tertiary/aromatic N) is 2. The highest BCUT2D eigenvalue weighted by Crippen LogP contribution is 2.24. The van der Waals surface area contributed by atoms with Gasteiger partial charge in [-0.15, -0.1) is 0 Å². The molecule has 0 bridgehead atoms. The van der Waals surface area contributed by atoms with Crippen molar-refractivity contribution in [3.8, 4) is 5.75 Å². The molecule has 1 saturated heterocycles. The van der Waals surface area contributed by atoms with E-state index in [1.807, 2.05) is 0 Å². The van der Waals surface area contributed by atoms with Gasteiger partial charge in [-0.1, -0.05) is 23.2 Å². The van der Waals surface area contributed by atoms with Gasteiger partial charge in [0.2, 0.25) is 0 Å². The predicted molar refractivity (Wildman–Crippen MR) is 65.4 cm³/mol. The summed E-state index contributed by atoms with van der Waals surface area (Å²) in [5, 5.41) is 0.742. The van der Waals surface area contributed by atoms with Crippen LogP contribution in [-0.4, -0.2) is 36.1 Å². The highest BCUT2D eigenvalue weighted by Gasteiger charge is 2.21. The van der Waals surface area contributed by atoms with Gasteiger partial charge in [-0.2, -0.15) is 0 Å². The van der Waals surface area contributed by atoms with E-state index in [9.17, 15) is 0 Å². The lowest BCUT2D eigenvalue weighted by Gasteiger charge is -2.19. The van der Waals surface area contributed by atoms with Crippen molar-refractivity contribution in [3.63, 3.8) is 0 Å². The quantitative estimate of drug-likeness (QED) is 0.782. The van der Waals surface area contributed by atoms with Gasteiger partial charge in [-0.3, -0.25) is 0 Å². The minimum absolute atomic E-state index is 0.312. The van der Waals surface area contributed by atoms with E-state index in [-0.39, 0.29) is 0 Å². The van der Waals surface area contributed by atoms with Crippen LogP contribution in [0.15, 0.2) is 12.3 Å². The Morgan fingerprint density at radius 1 is 1.56 bits per heavy atom. The summed E-state index contributed by atoms with van der Waals surface area (Å²) >= 11 is 11.6. The van der Waals surface area contributed by atoms with E-state index in [2.05, 4.69) is 16.9 Å². The van der Waals surface area contributed by atoms with Gasteiger partial charge in [0, 0.05) is 12.1 Å². The fourth-order valence-corrected chi connectivity index (χ4v) is 2.12. The predicted octanol–water partition coefficient (Wildman–Crippen LogP) is 2.86. The van der Waals surface area contributed by atoms with Crippen LogP contribution >= 0.6 is 23.2 Å². The normalized spacial score (nSPS) is 21.3. The molecule has 1 fully saturated rings. The molecule has 1 aromatic rings. The third-order valence-electron chi connectivity index (χ3n) is 2.89. The number of likely N-dealkylation sites (tertiary alicyclic amines) is 1. The first-order valence-corrected chi connectivity index (χ1v) is 6.06. The van der Waals surface area contributed by atoms with Gasteiger partial charge >= 0.3 is 0 Å². The summed E-state index contributed by atoms with van der Waals surface area (Å²) in [7, 11) is 2.12. The van der Waals surface area contributed by atoms with Crippen molar-refractivity contribution in [1.29, 1.82) is 0 Å². The van der Waals surface area contributed by atoms with E-state index in [0.29, 0.717) is 28.6 Å². The summed E-state index contributed by atoms with van der Waals surface area (Å²) in [5.41, 5.74) is 0. The van der Waals surface area contributed by atoms with Gasteiger partial charge in [-0.25, -0.2) is 4.98 Å². The van der Waals surface area contributed by atoms with E-state index in [1.165, 1.54) is 12.8 Å². The summed E-state index contributed by atoms with van der Waals surface area (Å²) in [6.45, 7) is 1.82. The first-order chi connectivity index (χ1) is 7.66. The summed E-state index contributed by atoms with van der Waals surface area (Å²) < 4.78 is 5.65. The van der Waals surface area contributed by atoms with Gasteiger partial charge < -0.3 is 9.64 Å². The van der Waals surface area contributed by atoms with E-state index in [4.69, 9.17) is 27.9 Å². The van der Waals surface area contributed by atoms with Crippen LogP contribution in [0.1, 0.15) is 12.8 Å². The second kappa shape index (κ2) is 5.21. The average molecular weight is 261 g/mol. The van der Waals surface area contributed by atoms with Crippen LogP contribution in [0.2, 0.25) is 10.2 Å². The first-order valence-electron chi connectivity index (χ1n) is 5.31. The second-order valence-electron chi connectivity index (χ2n) is 4.03. The molecule has 0 radical (unpaired) electrons. The molecule has 0 spiro atoms. The lowest BCUT2D eigenvalue weighted by atomic mass is 10.2. The second-order valence-corrected chi connectivity index (χ2v) is 4.80. The Hall–Kier alpha value is -0.510. The molecule has 88 valence electrons. The number of likely N-dealkylation sites (N-methyl/N-ethyl adjacent to an activating group) is 1. The molecule has 0 aliphatic carbocycles. The summed E-state index contributed by atoms with van der Waals surface area (Å²) in [5.74, 6) is 0.676. The topological polar surface area (TPSA) is 25.4 Å². The number of aromatic nitrogens is 1. The molecule has 0 N–H and O–H groups in total. The van der Waals surface area contributed by atoms with E-state index in [1.54, 1.807) is 12.3 Å². The van der Waals surface area contributed by atoms with Crippen LogP contribution in [0.5, 0.6) is 5.75 Å². The Morgan fingerprint density at radius 3 is 3.00 bits per heavy atom. The van der Waals surface area contributed by atoms with Gasteiger partial charge in [0.25, 0.3) is 0 Å². The number of pyridine rings is 1. The molecule has 1 aliphatic heterocycles. The molecule has 1 aromatic heterocycles. The van der Waals surface area contributed by atoms with Crippen LogP contribution in [0, 0.1) is 0 Å². The minimum atomic E-state index is 0.312. The Kier molecular flexibility index (Phi) is 3.90. The number of rotatable bonds is 3.